The Balaban J connectivity index is 2.05. The molecule has 0 aromatic carbocycles. The molecule has 18 heavy (non-hydrogen) atoms. The maximum atomic E-state index is 12.1. The highest BCUT2D eigenvalue weighted by Gasteiger charge is 2.39. The molecule has 0 radical (unpaired) electrons. The zero-order chi connectivity index (χ0) is 13.3. The van der Waals surface area contributed by atoms with Crippen LogP contribution in [-0.4, -0.2) is 44.9 Å². The van der Waals surface area contributed by atoms with Crippen LogP contribution in [0.15, 0.2) is 12.4 Å². The number of rotatable bonds is 3. The van der Waals surface area contributed by atoms with E-state index in [1.54, 1.807) is 20.0 Å². The van der Waals surface area contributed by atoms with Crippen LogP contribution in [0.4, 0.5) is 0 Å². The van der Waals surface area contributed by atoms with Crippen molar-refractivity contribution >= 4 is 11.8 Å². The smallest absolute Gasteiger partial charge is 0.249 e. The lowest BCUT2D eigenvalue weighted by Gasteiger charge is -2.36. The van der Waals surface area contributed by atoms with Crippen molar-refractivity contribution in [3.63, 3.8) is 0 Å². The standard InChI is InChI=1S/C12H18N4O2/c1-9-13-4-5-15(9)6-7-16-10(17)8-14-12(2,3)11(16)18/h4-5,14H,6-8H2,1-3H3. The number of nitrogens with one attached hydrogen (secondary N) is 1. The summed E-state index contributed by atoms with van der Waals surface area (Å²) in [7, 11) is 0. The number of hydrogen-bond acceptors (Lipinski definition) is 4. The molecule has 1 aromatic rings. The third-order valence-electron chi connectivity index (χ3n) is 3.25. The van der Waals surface area contributed by atoms with Gasteiger partial charge < -0.3 is 4.57 Å². The number of piperazine rings is 1. The number of nitrogens with zero attached hydrogens (tertiary/aromatic N) is 3. The van der Waals surface area contributed by atoms with Crippen molar-refractivity contribution in [2.75, 3.05) is 13.1 Å². The van der Waals surface area contributed by atoms with E-state index in [1.165, 1.54) is 4.90 Å². The Kier molecular flexibility index (Phi) is 3.21. The molecule has 2 heterocycles. The van der Waals surface area contributed by atoms with E-state index < -0.39 is 5.54 Å². The van der Waals surface area contributed by atoms with Gasteiger partial charge in [-0.25, -0.2) is 4.98 Å². The highest BCUT2D eigenvalue weighted by atomic mass is 16.2. The molecule has 1 saturated heterocycles. The van der Waals surface area contributed by atoms with Crippen LogP contribution in [0.25, 0.3) is 0 Å². The van der Waals surface area contributed by atoms with Gasteiger partial charge in [-0.3, -0.25) is 19.8 Å². The van der Waals surface area contributed by atoms with Crippen LogP contribution in [0.1, 0.15) is 19.7 Å². The first kappa shape index (κ1) is 12.8. The molecule has 1 N–H and O–H groups in total. The Morgan fingerprint density at radius 3 is 2.72 bits per heavy atom. The minimum absolute atomic E-state index is 0.169. The van der Waals surface area contributed by atoms with Crippen molar-refractivity contribution in [2.24, 2.45) is 0 Å². The van der Waals surface area contributed by atoms with E-state index in [-0.39, 0.29) is 18.4 Å². The van der Waals surface area contributed by atoms with Gasteiger partial charge >= 0.3 is 0 Å². The predicted octanol–water partition coefficient (Wildman–Crippen LogP) is -0.0715. The molecule has 0 spiro atoms. The molecule has 0 atom stereocenters. The summed E-state index contributed by atoms with van der Waals surface area (Å²) in [6.45, 7) is 6.65. The molecule has 6 heteroatoms. The zero-order valence-corrected chi connectivity index (χ0v) is 10.9. The Morgan fingerprint density at radius 2 is 2.11 bits per heavy atom. The summed E-state index contributed by atoms with van der Waals surface area (Å²) in [4.78, 5) is 29.3. The van der Waals surface area contributed by atoms with Crippen molar-refractivity contribution in [3.8, 4) is 0 Å². The van der Waals surface area contributed by atoms with E-state index in [9.17, 15) is 9.59 Å². The second-order valence-corrected chi connectivity index (χ2v) is 5.00. The Labute approximate surface area is 106 Å². The summed E-state index contributed by atoms with van der Waals surface area (Å²) >= 11 is 0. The fourth-order valence-electron chi connectivity index (χ4n) is 1.99. The fraction of sp³-hybridized carbons (Fsp3) is 0.583. The molecule has 0 bridgehead atoms. The molecule has 0 saturated carbocycles. The van der Waals surface area contributed by atoms with Crippen LogP contribution >= 0.6 is 0 Å². The minimum Gasteiger partial charge on any atom is -0.333 e. The van der Waals surface area contributed by atoms with E-state index in [0.717, 1.165) is 5.82 Å². The lowest BCUT2D eigenvalue weighted by Crippen LogP contribution is -2.64. The van der Waals surface area contributed by atoms with Gasteiger partial charge in [-0.1, -0.05) is 0 Å². The molecule has 2 rings (SSSR count). The Morgan fingerprint density at radius 1 is 1.39 bits per heavy atom. The normalized spacial score (nSPS) is 19.4. The van der Waals surface area contributed by atoms with Gasteiger partial charge in [0.15, 0.2) is 0 Å². The SMILES string of the molecule is Cc1nccn1CCN1C(=O)CNC(C)(C)C1=O. The molecular weight excluding hydrogens is 232 g/mol. The van der Waals surface area contributed by atoms with Gasteiger partial charge in [-0.05, 0) is 20.8 Å². The fourth-order valence-corrected chi connectivity index (χ4v) is 1.99. The number of imidazole rings is 1. The topological polar surface area (TPSA) is 67.2 Å². The van der Waals surface area contributed by atoms with Crippen molar-refractivity contribution in [1.29, 1.82) is 0 Å². The van der Waals surface area contributed by atoms with E-state index in [2.05, 4.69) is 10.3 Å². The first-order chi connectivity index (χ1) is 8.42. The monoisotopic (exact) mass is 250 g/mol. The van der Waals surface area contributed by atoms with Gasteiger partial charge in [0, 0.05) is 25.5 Å². The lowest BCUT2D eigenvalue weighted by atomic mass is 10.0. The van der Waals surface area contributed by atoms with Gasteiger partial charge in [0.1, 0.15) is 5.82 Å². The number of aromatic nitrogens is 2. The average Bonchev–Trinajstić information content (AvgIpc) is 2.71. The molecule has 1 aromatic heterocycles. The molecule has 1 aliphatic heterocycles. The summed E-state index contributed by atoms with van der Waals surface area (Å²) in [5.74, 6) is 0.540. The summed E-state index contributed by atoms with van der Waals surface area (Å²) in [6.07, 6.45) is 3.55. The Bertz CT molecular complexity index is 478. The first-order valence-electron chi connectivity index (χ1n) is 5.99. The van der Waals surface area contributed by atoms with E-state index in [4.69, 9.17) is 0 Å². The van der Waals surface area contributed by atoms with Crippen LogP contribution in [0.3, 0.4) is 0 Å². The summed E-state index contributed by atoms with van der Waals surface area (Å²) < 4.78 is 1.93. The van der Waals surface area contributed by atoms with Gasteiger partial charge in [0.2, 0.25) is 11.8 Å². The van der Waals surface area contributed by atoms with Gasteiger partial charge in [-0.15, -0.1) is 0 Å². The molecule has 0 aliphatic carbocycles. The van der Waals surface area contributed by atoms with E-state index in [0.29, 0.717) is 13.1 Å². The van der Waals surface area contributed by atoms with Crippen molar-refractivity contribution in [2.45, 2.75) is 32.9 Å². The number of carbonyl (C=O) groups excluding carboxylic acids is 2. The number of aryl methyl sites for hydroxylation is 1. The average molecular weight is 250 g/mol. The van der Waals surface area contributed by atoms with Crippen LogP contribution < -0.4 is 5.32 Å². The maximum Gasteiger partial charge on any atom is 0.249 e. The predicted molar refractivity (Wildman–Crippen MR) is 65.8 cm³/mol. The number of amides is 2. The van der Waals surface area contributed by atoms with Crippen molar-refractivity contribution < 1.29 is 9.59 Å². The number of imide groups is 1. The number of hydrogen-bond donors (Lipinski definition) is 1. The zero-order valence-electron chi connectivity index (χ0n) is 10.9. The minimum atomic E-state index is -0.669. The van der Waals surface area contributed by atoms with Crippen LogP contribution in [-0.2, 0) is 16.1 Å². The second kappa shape index (κ2) is 4.53. The third kappa shape index (κ3) is 2.28. The molecular formula is C12H18N4O2. The highest BCUT2D eigenvalue weighted by Crippen LogP contribution is 2.13. The summed E-state index contributed by atoms with van der Waals surface area (Å²) in [5, 5.41) is 2.93. The quantitative estimate of drug-likeness (QED) is 0.762. The first-order valence-corrected chi connectivity index (χ1v) is 5.99. The molecule has 1 aliphatic rings. The van der Waals surface area contributed by atoms with Crippen LogP contribution in [0, 0.1) is 6.92 Å². The second-order valence-electron chi connectivity index (χ2n) is 5.00. The molecule has 1 fully saturated rings. The van der Waals surface area contributed by atoms with Gasteiger partial charge in [0.05, 0.1) is 12.1 Å². The maximum absolute atomic E-state index is 12.1. The van der Waals surface area contributed by atoms with E-state index in [1.807, 2.05) is 17.7 Å². The van der Waals surface area contributed by atoms with Gasteiger partial charge in [0.25, 0.3) is 0 Å². The molecule has 98 valence electrons. The summed E-state index contributed by atoms with van der Waals surface area (Å²) in [6, 6.07) is 0. The number of carbonyl (C=O) groups is 2. The van der Waals surface area contributed by atoms with E-state index >= 15 is 0 Å². The van der Waals surface area contributed by atoms with Crippen molar-refractivity contribution in [3.05, 3.63) is 18.2 Å². The largest absolute Gasteiger partial charge is 0.333 e. The van der Waals surface area contributed by atoms with Gasteiger partial charge in [-0.2, -0.15) is 0 Å². The summed E-state index contributed by atoms with van der Waals surface area (Å²) in [5.41, 5.74) is -0.669. The molecule has 6 nitrogen and oxygen atoms in total. The van der Waals surface area contributed by atoms with Crippen molar-refractivity contribution in [1.82, 2.24) is 19.8 Å². The lowest BCUT2D eigenvalue weighted by molar-refractivity contribution is -0.152. The van der Waals surface area contributed by atoms with Crippen LogP contribution in [0.5, 0.6) is 0 Å². The Hall–Kier alpha value is -1.69. The molecule has 2 amide bonds. The third-order valence-corrected chi connectivity index (χ3v) is 3.25. The highest BCUT2D eigenvalue weighted by molar-refractivity contribution is 6.02. The molecule has 0 unspecified atom stereocenters. The van der Waals surface area contributed by atoms with Crippen LogP contribution in [0.2, 0.25) is 0 Å².